The summed E-state index contributed by atoms with van der Waals surface area (Å²) in [5, 5.41) is 1.27. The molecule has 0 spiro atoms. The van der Waals surface area contributed by atoms with E-state index in [1.54, 1.807) is 0 Å². The van der Waals surface area contributed by atoms with Gasteiger partial charge in [0.15, 0.2) is 0 Å². The van der Waals surface area contributed by atoms with Crippen LogP contribution in [0.15, 0.2) is 54.7 Å². The molecule has 1 saturated heterocycles. The van der Waals surface area contributed by atoms with Gasteiger partial charge >= 0.3 is 0 Å². The van der Waals surface area contributed by atoms with Crippen LogP contribution < -0.4 is 4.90 Å². The third-order valence-electron chi connectivity index (χ3n) is 6.83. The summed E-state index contributed by atoms with van der Waals surface area (Å²) in [6.07, 6.45) is 9.50. The Bertz CT molecular complexity index is 1000. The molecule has 0 atom stereocenters. The van der Waals surface area contributed by atoms with Crippen molar-refractivity contribution in [2.24, 2.45) is 0 Å². The van der Waals surface area contributed by atoms with Crippen molar-refractivity contribution in [2.45, 2.75) is 58.3 Å². The van der Waals surface area contributed by atoms with E-state index in [2.05, 4.69) is 48.1 Å². The summed E-state index contributed by atoms with van der Waals surface area (Å²) in [5.41, 5.74) is 4.31. The molecular weight excluding hydrogens is 394 g/mol. The van der Waals surface area contributed by atoms with E-state index in [-0.39, 0.29) is 5.91 Å². The van der Waals surface area contributed by atoms with Crippen LogP contribution in [0.2, 0.25) is 0 Å². The standard InChI is InChI=1S/C28H37N3O/c1-3-5-9-17-30-18-14-22(15-19-30)26-21-29-27-13-12-24(20-25(26)27)31(16-4-2)28(32)23-10-7-6-8-11-23/h6-8,10-13,20-22,29H,3-5,9,14-19H2,1-2H3. The van der Waals surface area contributed by atoms with Gasteiger partial charge in [0.25, 0.3) is 5.91 Å². The van der Waals surface area contributed by atoms with Crippen LogP contribution in [0.25, 0.3) is 10.9 Å². The van der Waals surface area contributed by atoms with Crippen molar-refractivity contribution in [1.82, 2.24) is 9.88 Å². The summed E-state index contributed by atoms with van der Waals surface area (Å²) in [6, 6.07) is 16.1. The van der Waals surface area contributed by atoms with E-state index >= 15 is 0 Å². The number of aromatic nitrogens is 1. The molecule has 4 heteroatoms. The monoisotopic (exact) mass is 431 g/mol. The van der Waals surface area contributed by atoms with Crippen molar-refractivity contribution < 1.29 is 4.79 Å². The second-order valence-corrected chi connectivity index (χ2v) is 9.12. The van der Waals surface area contributed by atoms with E-state index in [0.717, 1.165) is 29.7 Å². The Labute approximate surface area is 192 Å². The molecule has 2 heterocycles. The number of nitrogens with one attached hydrogen (secondary N) is 1. The number of nitrogens with zero attached hydrogens (tertiary/aromatic N) is 2. The summed E-state index contributed by atoms with van der Waals surface area (Å²) < 4.78 is 0. The predicted octanol–water partition coefficient (Wildman–Crippen LogP) is 6.59. The van der Waals surface area contributed by atoms with E-state index < -0.39 is 0 Å². The minimum Gasteiger partial charge on any atom is -0.361 e. The molecule has 1 N–H and O–H groups in total. The molecule has 1 aliphatic heterocycles. The lowest BCUT2D eigenvalue weighted by atomic mass is 9.89. The van der Waals surface area contributed by atoms with Crippen molar-refractivity contribution in [3.63, 3.8) is 0 Å². The summed E-state index contributed by atoms with van der Waals surface area (Å²) in [5.74, 6) is 0.662. The summed E-state index contributed by atoms with van der Waals surface area (Å²) in [7, 11) is 0. The van der Waals surface area contributed by atoms with Crippen LogP contribution in [0.5, 0.6) is 0 Å². The second-order valence-electron chi connectivity index (χ2n) is 9.12. The fourth-order valence-electron chi connectivity index (χ4n) is 5.00. The predicted molar refractivity (Wildman–Crippen MR) is 135 cm³/mol. The lowest BCUT2D eigenvalue weighted by Gasteiger charge is -2.32. The zero-order chi connectivity index (χ0) is 22.3. The van der Waals surface area contributed by atoms with E-state index in [1.165, 1.54) is 62.7 Å². The number of fused-ring (bicyclic) bond motifs is 1. The maximum absolute atomic E-state index is 13.3. The van der Waals surface area contributed by atoms with Gasteiger partial charge in [-0.3, -0.25) is 4.79 Å². The highest BCUT2D eigenvalue weighted by molar-refractivity contribution is 6.07. The molecule has 0 aliphatic carbocycles. The number of hydrogen-bond donors (Lipinski definition) is 1. The maximum atomic E-state index is 13.3. The van der Waals surface area contributed by atoms with Gasteiger partial charge in [-0.2, -0.15) is 0 Å². The zero-order valence-corrected chi connectivity index (χ0v) is 19.6. The summed E-state index contributed by atoms with van der Waals surface area (Å²) in [4.78, 5) is 21.3. The van der Waals surface area contributed by atoms with Gasteiger partial charge in [0.1, 0.15) is 0 Å². The fraction of sp³-hybridized carbons (Fsp3) is 0.464. The van der Waals surface area contributed by atoms with Crippen molar-refractivity contribution >= 4 is 22.5 Å². The highest BCUT2D eigenvalue weighted by Crippen LogP contribution is 2.35. The first-order valence-electron chi connectivity index (χ1n) is 12.4. The number of unbranched alkanes of at least 4 members (excludes halogenated alkanes) is 2. The van der Waals surface area contributed by atoms with Crippen LogP contribution in [0.4, 0.5) is 5.69 Å². The van der Waals surface area contributed by atoms with Crippen molar-refractivity contribution in [3.05, 3.63) is 65.9 Å². The smallest absolute Gasteiger partial charge is 0.258 e. The zero-order valence-electron chi connectivity index (χ0n) is 19.6. The number of amides is 1. The number of carbonyl (C=O) groups excluding carboxylic acids is 1. The molecule has 0 unspecified atom stereocenters. The molecule has 170 valence electrons. The first-order valence-corrected chi connectivity index (χ1v) is 12.4. The molecule has 4 rings (SSSR count). The molecule has 1 amide bonds. The van der Waals surface area contributed by atoms with Gasteiger partial charge in [-0.15, -0.1) is 0 Å². The number of rotatable bonds is 9. The van der Waals surface area contributed by atoms with E-state index in [9.17, 15) is 4.79 Å². The molecule has 1 aliphatic rings. The van der Waals surface area contributed by atoms with Gasteiger partial charge < -0.3 is 14.8 Å². The summed E-state index contributed by atoms with van der Waals surface area (Å²) in [6.45, 7) is 8.73. The molecule has 1 fully saturated rings. The third kappa shape index (κ3) is 5.07. The molecule has 4 nitrogen and oxygen atoms in total. The fourth-order valence-corrected chi connectivity index (χ4v) is 5.00. The minimum atomic E-state index is 0.0734. The molecule has 0 radical (unpaired) electrons. The van der Waals surface area contributed by atoms with E-state index in [4.69, 9.17) is 0 Å². The topological polar surface area (TPSA) is 39.3 Å². The second kappa shape index (κ2) is 10.8. The van der Waals surface area contributed by atoms with Gasteiger partial charge in [0, 0.05) is 34.9 Å². The average Bonchev–Trinajstić information content (AvgIpc) is 3.26. The maximum Gasteiger partial charge on any atom is 0.258 e. The number of aromatic amines is 1. The quantitative estimate of drug-likeness (QED) is 0.388. The number of piperidine rings is 1. The molecule has 1 aromatic heterocycles. The van der Waals surface area contributed by atoms with Crippen LogP contribution in [-0.4, -0.2) is 42.0 Å². The SMILES string of the molecule is CCCCCN1CCC(c2c[nH]c3ccc(N(CCC)C(=O)c4ccccc4)cc23)CC1. The Hall–Kier alpha value is -2.59. The number of benzene rings is 2. The van der Waals surface area contributed by atoms with Gasteiger partial charge in [-0.25, -0.2) is 0 Å². The highest BCUT2D eigenvalue weighted by Gasteiger charge is 2.24. The number of anilines is 1. The van der Waals surface area contributed by atoms with Crippen LogP contribution in [0.1, 0.15) is 74.2 Å². The Morgan fingerprint density at radius 1 is 1.03 bits per heavy atom. The molecule has 32 heavy (non-hydrogen) atoms. The van der Waals surface area contributed by atoms with Crippen molar-refractivity contribution in [3.8, 4) is 0 Å². The Kier molecular flexibility index (Phi) is 7.64. The Morgan fingerprint density at radius 2 is 1.81 bits per heavy atom. The van der Waals surface area contributed by atoms with E-state index in [1.807, 2.05) is 35.2 Å². The van der Waals surface area contributed by atoms with E-state index in [0.29, 0.717) is 5.92 Å². The lowest BCUT2D eigenvalue weighted by Crippen LogP contribution is -2.33. The van der Waals surface area contributed by atoms with Gasteiger partial charge in [0.2, 0.25) is 0 Å². The van der Waals surface area contributed by atoms with Gasteiger partial charge in [-0.1, -0.05) is 44.9 Å². The minimum absolute atomic E-state index is 0.0734. The van der Waals surface area contributed by atoms with Gasteiger partial charge in [-0.05, 0) is 87.1 Å². The number of carbonyl (C=O) groups is 1. The molecule has 0 saturated carbocycles. The number of likely N-dealkylation sites (tertiary alicyclic amines) is 1. The first kappa shape index (κ1) is 22.6. The van der Waals surface area contributed by atoms with Crippen LogP contribution >= 0.6 is 0 Å². The average molecular weight is 432 g/mol. The third-order valence-corrected chi connectivity index (χ3v) is 6.83. The normalized spacial score (nSPS) is 15.3. The molecule has 0 bridgehead atoms. The van der Waals surface area contributed by atoms with Crippen LogP contribution in [0.3, 0.4) is 0 Å². The van der Waals surface area contributed by atoms with Crippen molar-refractivity contribution in [2.75, 3.05) is 31.1 Å². The Balaban J connectivity index is 1.54. The van der Waals surface area contributed by atoms with Crippen LogP contribution in [-0.2, 0) is 0 Å². The number of H-pyrrole nitrogens is 1. The molecule has 3 aromatic rings. The Morgan fingerprint density at radius 3 is 2.53 bits per heavy atom. The number of hydrogen-bond acceptors (Lipinski definition) is 2. The first-order chi connectivity index (χ1) is 15.7. The molecule has 2 aromatic carbocycles. The molecular formula is C28H37N3O. The lowest BCUT2D eigenvalue weighted by molar-refractivity contribution is 0.0987. The van der Waals surface area contributed by atoms with Crippen molar-refractivity contribution in [1.29, 1.82) is 0 Å². The highest BCUT2D eigenvalue weighted by atomic mass is 16.2. The largest absolute Gasteiger partial charge is 0.361 e. The summed E-state index contributed by atoms with van der Waals surface area (Å²) >= 11 is 0. The van der Waals surface area contributed by atoms with Crippen LogP contribution in [0, 0.1) is 0 Å². The van der Waals surface area contributed by atoms with Gasteiger partial charge in [0.05, 0.1) is 0 Å².